The predicted molar refractivity (Wildman–Crippen MR) is 75.5 cm³/mol. The third kappa shape index (κ3) is 2.40. The molecule has 1 aliphatic rings. The molecule has 1 atom stereocenters. The lowest BCUT2D eigenvalue weighted by Gasteiger charge is -2.31. The van der Waals surface area contributed by atoms with Crippen LogP contribution in [0.4, 0.5) is 5.69 Å². The maximum atomic E-state index is 10.7. The number of thioether (sulfide) groups is 1. The van der Waals surface area contributed by atoms with E-state index in [-0.39, 0.29) is 11.1 Å². The molecule has 0 spiro atoms. The molecule has 0 bridgehead atoms. The van der Waals surface area contributed by atoms with Crippen LogP contribution >= 0.6 is 11.8 Å². The van der Waals surface area contributed by atoms with Gasteiger partial charge in [-0.15, -0.1) is 0 Å². The summed E-state index contributed by atoms with van der Waals surface area (Å²) in [6.07, 6.45) is 0. The van der Waals surface area contributed by atoms with Crippen LogP contribution in [0, 0.1) is 10.1 Å². The van der Waals surface area contributed by atoms with Crippen LogP contribution in [0.25, 0.3) is 0 Å². The van der Waals surface area contributed by atoms with Crippen LogP contribution in [0.5, 0.6) is 0 Å². The van der Waals surface area contributed by atoms with E-state index in [9.17, 15) is 15.3 Å². The van der Waals surface area contributed by atoms with Gasteiger partial charge in [-0.2, -0.15) is 5.06 Å². The zero-order chi connectivity index (χ0) is 14.1. The highest BCUT2D eigenvalue weighted by Gasteiger charge is 2.27. The van der Waals surface area contributed by atoms with Crippen LogP contribution in [-0.4, -0.2) is 15.2 Å². The fourth-order valence-electron chi connectivity index (χ4n) is 2.19. The van der Waals surface area contributed by atoms with E-state index in [1.807, 2.05) is 24.3 Å². The first kappa shape index (κ1) is 13.1. The molecule has 0 aromatic heterocycles. The van der Waals surface area contributed by atoms with E-state index in [4.69, 9.17) is 0 Å². The molecule has 6 heteroatoms. The first-order valence-electron chi connectivity index (χ1n) is 6.09. The maximum absolute atomic E-state index is 10.7. The van der Waals surface area contributed by atoms with E-state index in [1.54, 1.807) is 12.1 Å². The standard InChI is InChI=1S/C14H12N2O3S/c17-15-9-11-3-1-2-4-13(11)20-14(15)10-5-7-12(8-6-10)16(18)19/h1-8,14,17H,9H2. The Morgan fingerprint density at radius 2 is 1.90 bits per heavy atom. The molecule has 0 radical (unpaired) electrons. The van der Waals surface area contributed by atoms with Crippen LogP contribution in [0.1, 0.15) is 16.5 Å². The smallest absolute Gasteiger partial charge is 0.269 e. The lowest BCUT2D eigenvalue weighted by Crippen LogP contribution is -2.26. The van der Waals surface area contributed by atoms with Gasteiger partial charge in [0.2, 0.25) is 0 Å². The summed E-state index contributed by atoms with van der Waals surface area (Å²) in [4.78, 5) is 11.4. The Bertz CT molecular complexity index is 645. The zero-order valence-corrected chi connectivity index (χ0v) is 11.3. The van der Waals surface area contributed by atoms with Crippen molar-refractivity contribution in [3.63, 3.8) is 0 Å². The van der Waals surface area contributed by atoms with Gasteiger partial charge >= 0.3 is 0 Å². The van der Waals surface area contributed by atoms with Gasteiger partial charge in [0.15, 0.2) is 0 Å². The molecule has 0 saturated heterocycles. The van der Waals surface area contributed by atoms with E-state index < -0.39 is 4.92 Å². The molecule has 3 rings (SSSR count). The fraction of sp³-hybridized carbons (Fsp3) is 0.143. The largest absolute Gasteiger partial charge is 0.312 e. The van der Waals surface area contributed by atoms with Crippen molar-refractivity contribution in [2.24, 2.45) is 0 Å². The van der Waals surface area contributed by atoms with Crippen LogP contribution in [0.3, 0.4) is 0 Å². The Hall–Kier alpha value is -1.89. The molecule has 1 unspecified atom stereocenters. The second kappa shape index (κ2) is 5.24. The van der Waals surface area contributed by atoms with Gasteiger partial charge in [-0.3, -0.25) is 10.1 Å². The second-order valence-corrected chi connectivity index (χ2v) is 5.65. The van der Waals surface area contributed by atoms with Crippen LogP contribution < -0.4 is 0 Å². The van der Waals surface area contributed by atoms with Crippen molar-refractivity contribution in [1.29, 1.82) is 0 Å². The van der Waals surface area contributed by atoms with Crippen molar-refractivity contribution in [2.45, 2.75) is 16.8 Å². The molecule has 2 aromatic carbocycles. The van der Waals surface area contributed by atoms with E-state index in [0.717, 1.165) is 16.0 Å². The Kier molecular flexibility index (Phi) is 3.43. The summed E-state index contributed by atoms with van der Waals surface area (Å²) in [5, 5.41) is 21.8. The molecule has 1 aliphatic heterocycles. The maximum Gasteiger partial charge on any atom is 0.269 e. The number of hydrogen-bond acceptors (Lipinski definition) is 5. The molecule has 20 heavy (non-hydrogen) atoms. The van der Waals surface area contributed by atoms with E-state index >= 15 is 0 Å². The first-order chi connectivity index (χ1) is 9.65. The summed E-state index contributed by atoms with van der Waals surface area (Å²) < 4.78 is 0. The fourth-order valence-corrected chi connectivity index (χ4v) is 3.36. The molecule has 0 saturated carbocycles. The predicted octanol–water partition coefficient (Wildman–Crippen LogP) is 3.59. The van der Waals surface area contributed by atoms with Gasteiger partial charge in [-0.05, 0) is 29.3 Å². The number of rotatable bonds is 2. The third-order valence-corrected chi connectivity index (χ3v) is 4.59. The summed E-state index contributed by atoms with van der Waals surface area (Å²) in [7, 11) is 0. The molecular weight excluding hydrogens is 276 g/mol. The van der Waals surface area contributed by atoms with Crippen molar-refractivity contribution in [1.82, 2.24) is 5.06 Å². The zero-order valence-electron chi connectivity index (χ0n) is 10.5. The number of hydroxylamine groups is 2. The van der Waals surface area contributed by atoms with E-state index in [2.05, 4.69) is 0 Å². The summed E-state index contributed by atoms with van der Waals surface area (Å²) in [6.45, 7) is 0.449. The van der Waals surface area contributed by atoms with Crippen LogP contribution in [0.2, 0.25) is 0 Å². The lowest BCUT2D eigenvalue weighted by atomic mass is 10.1. The summed E-state index contributed by atoms with van der Waals surface area (Å²) in [6, 6.07) is 14.2. The first-order valence-corrected chi connectivity index (χ1v) is 6.97. The van der Waals surface area contributed by atoms with Crippen molar-refractivity contribution in [3.8, 4) is 0 Å². The number of nitro groups is 1. The minimum absolute atomic E-state index is 0.0550. The number of fused-ring (bicyclic) bond motifs is 1. The van der Waals surface area contributed by atoms with Gasteiger partial charge in [0.1, 0.15) is 5.37 Å². The second-order valence-electron chi connectivity index (χ2n) is 4.52. The summed E-state index contributed by atoms with van der Waals surface area (Å²) >= 11 is 1.54. The van der Waals surface area contributed by atoms with Gasteiger partial charge < -0.3 is 5.21 Å². The van der Waals surface area contributed by atoms with Gasteiger partial charge in [0, 0.05) is 17.0 Å². The average Bonchev–Trinajstić information content (AvgIpc) is 2.46. The van der Waals surface area contributed by atoms with Gasteiger partial charge in [0.25, 0.3) is 5.69 Å². The highest BCUT2D eigenvalue weighted by atomic mass is 32.2. The van der Waals surface area contributed by atoms with E-state index in [0.29, 0.717) is 6.54 Å². The molecule has 0 aliphatic carbocycles. The molecule has 2 aromatic rings. The Morgan fingerprint density at radius 1 is 1.20 bits per heavy atom. The number of benzene rings is 2. The minimum atomic E-state index is -0.427. The Labute approximate surface area is 119 Å². The van der Waals surface area contributed by atoms with Crippen molar-refractivity contribution in [2.75, 3.05) is 0 Å². The topological polar surface area (TPSA) is 66.6 Å². The van der Waals surface area contributed by atoms with Gasteiger partial charge in [-0.1, -0.05) is 30.0 Å². The summed E-state index contributed by atoms with van der Waals surface area (Å²) in [5.74, 6) is 0. The SMILES string of the molecule is O=[N+]([O-])c1ccc(C2Sc3ccccc3CN2O)cc1. The van der Waals surface area contributed by atoms with E-state index in [1.165, 1.54) is 29.0 Å². The highest BCUT2D eigenvalue weighted by molar-refractivity contribution is 7.99. The average molecular weight is 288 g/mol. The lowest BCUT2D eigenvalue weighted by molar-refractivity contribution is -0.384. The normalized spacial score (nSPS) is 18.6. The molecule has 1 N–H and O–H groups in total. The Morgan fingerprint density at radius 3 is 2.60 bits per heavy atom. The molecule has 0 amide bonds. The summed E-state index contributed by atoms with van der Waals surface area (Å²) in [5.41, 5.74) is 1.98. The van der Waals surface area contributed by atoms with Crippen molar-refractivity contribution < 1.29 is 10.1 Å². The van der Waals surface area contributed by atoms with Crippen LogP contribution in [-0.2, 0) is 6.54 Å². The minimum Gasteiger partial charge on any atom is -0.312 e. The number of hydrogen-bond donors (Lipinski definition) is 1. The quantitative estimate of drug-likeness (QED) is 0.675. The molecule has 0 fully saturated rings. The van der Waals surface area contributed by atoms with Gasteiger partial charge in [0.05, 0.1) is 11.5 Å². The molecule has 102 valence electrons. The number of nitro benzene ring substituents is 1. The molecule has 1 heterocycles. The van der Waals surface area contributed by atoms with Crippen molar-refractivity contribution in [3.05, 3.63) is 69.8 Å². The number of nitrogens with zero attached hydrogens (tertiary/aromatic N) is 2. The van der Waals surface area contributed by atoms with Crippen LogP contribution in [0.15, 0.2) is 53.4 Å². The third-order valence-electron chi connectivity index (χ3n) is 3.20. The van der Waals surface area contributed by atoms with Gasteiger partial charge in [-0.25, -0.2) is 0 Å². The highest BCUT2D eigenvalue weighted by Crippen LogP contribution is 2.43. The van der Waals surface area contributed by atoms with Crippen molar-refractivity contribution >= 4 is 17.4 Å². The molecule has 5 nitrogen and oxygen atoms in total. The monoisotopic (exact) mass is 288 g/mol. The molecular formula is C14H12N2O3S. The Balaban J connectivity index is 1.89. The number of non-ortho nitro benzene ring substituents is 1.